The summed E-state index contributed by atoms with van der Waals surface area (Å²) in [6.45, 7) is 2.69. The van der Waals surface area contributed by atoms with E-state index < -0.39 is 23.5 Å². The highest BCUT2D eigenvalue weighted by atomic mass is 19.4. The maximum absolute atomic E-state index is 13.6. The highest BCUT2D eigenvalue weighted by Gasteiger charge is 2.51. The molecule has 27 heavy (non-hydrogen) atoms. The molecule has 2 rings (SSSR count). The van der Waals surface area contributed by atoms with Gasteiger partial charge in [-0.15, -0.1) is 0 Å². The van der Waals surface area contributed by atoms with Crippen LogP contribution in [0.2, 0.25) is 0 Å². The van der Waals surface area contributed by atoms with Gasteiger partial charge in [0.05, 0.1) is 7.11 Å². The zero-order chi connectivity index (χ0) is 20.1. The largest absolute Gasteiger partial charge is 0.497 e. The first-order valence-electron chi connectivity index (χ1n) is 9.47. The number of hydrogen-bond acceptors (Lipinski definition) is 3. The van der Waals surface area contributed by atoms with Gasteiger partial charge < -0.3 is 15.8 Å². The lowest BCUT2D eigenvalue weighted by Gasteiger charge is -2.25. The summed E-state index contributed by atoms with van der Waals surface area (Å²) in [6, 6.07) is 5.60. The van der Waals surface area contributed by atoms with Gasteiger partial charge in [-0.1, -0.05) is 25.5 Å². The molecule has 0 aliphatic heterocycles. The van der Waals surface area contributed by atoms with E-state index in [-0.39, 0.29) is 5.56 Å². The van der Waals surface area contributed by atoms with Gasteiger partial charge in [0.2, 0.25) is 5.91 Å². The van der Waals surface area contributed by atoms with Crippen molar-refractivity contribution in [1.29, 1.82) is 0 Å². The van der Waals surface area contributed by atoms with Crippen LogP contribution in [0.15, 0.2) is 24.3 Å². The molecule has 1 amide bonds. The molecule has 152 valence electrons. The van der Waals surface area contributed by atoms with Gasteiger partial charge in [-0.25, -0.2) is 0 Å². The van der Waals surface area contributed by atoms with Crippen molar-refractivity contribution in [2.45, 2.75) is 63.1 Å². The highest BCUT2D eigenvalue weighted by molar-refractivity contribution is 5.85. The van der Waals surface area contributed by atoms with Crippen molar-refractivity contribution in [3.8, 4) is 5.75 Å². The van der Waals surface area contributed by atoms with E-state index in [2.05, 4.69) is 12.2 Å². The van der Waals surface area contributed by atoms with Crippen LogP contribution in [0.25, 0.3) is 0 Å². The van der Waals surface area contributed by atoms with Gasteiger partial charge >= 0.3 is 6.18 Å². The van der Waals surface area contributed by atoms with Crippen LogP contribution in [0.5, 0.6) is 5.75 Å². The van der Waals surface area contributed by atoms with Crippen molar-refractivity contribution in [3.63, 3.8) is 0 Å². The van der Waals surface area contributed by atoms with Gasteiger partial charge in [-0.05, 0) is 62.3 Å². The Labute approximate surface area is 158 Å². The van der Waals surface area contributed by atoms with E-state index in [1.54, 1.807) is 6.07 Å². The number of nitrogens with two attached hydrogens (primary N) is 1. The van der Waals surface area contributed by atoms with Crippen LogP contribution in [0, 0.1) is 5.92 Å². The van der Waals surface area contributed by atoms with Gasteiger partial charge in [0.1, 0.15) is 5.75 Å². The van der Waals surface area contributed by atoms with Crippen molar-refractivity contribution in [1.82, 2.24) is 5.32 Å². The van der Waals surface area contributed by atoms with Crippen LogP contribution in [0.1, 0.15) is 56.9 Å². The van der Waals surface area contributed by atoms with Crippen LogP contribution >= 0.6 is 0 Å². The Morgan fingerprint density at radius 1 is 1.33 bits per heavy atom. The van der Waals surface area contributed by atoms with Gasteiger partial charge in [0.15, 0.2) is 5.92 Å². The molecule has 0 radical (unpaired) electrons. The first kappa shape index (κ1) is 21.5. The summed E-state index contributed by atoms with van der Waals surface area (Å²) in [7, 11) is 1.38. The van der Waals surface area contributed by atoms with E-state index >= 15 is 0 Å². The Bertz CT molecular complexity index is 630. The SMILES string of the molecule is CCC(CCN)CCC1(NC(=O)C(c2cccc(OC)c2)C(F)(F)F)CC1. The summed E-state index contributed by atoms with van der Waals surface area (Å²) < 4.78 is 45.9. The van der Waals surface area contributed by atoms with Gasteiger partial charge in [0, 0.05) is 5.54 Å². The minimum absolute atomic E-state index is 0.107. The molecular weight excluding hydrogens is 357 g/mol. The molecule has 0 heterocycles. The Balaban J connectivity index is 2.10. The second-order valence-electron chi connectivity index (χ2n) is 7.41. The molecule has 1 aromatic carbocycles. The van der Waals surface area contributed by atoms with Crippen molar-refractivity contribution >= 4 is 5.91 Å². The summed E-state index contributed by atoms with van der Waals surface area (Å²) in [4.78, 5) is 12.6. The Morgan fingerprint density at radius 3 is 2.56 bits per heavy atom. The minimum Gasteiger partial charge on any atom is -0.497 e. The van der Waals surface area contributed by atoms with Crippen molar-refractivity contribution in [2.75, 3.05) is 13.7 Å². The fourth-order valence-corrected chi connectivity index (χ4v) is 3.50. The van der Waals surface area contributed by atoms with E-state index in [9.17, 15) is 18.0 Å². The fraction of sp³-hybridized carbons (Fsp3) is 0.650. The summed E-state index contributed by atoms with van der Waals surface area (Å²) in [6.07, 6.45) is 0.217. The minimum atomic E-state index is -4.67. The number of carbonyl (C=O) groups excluding carboxylic acids is 1. The molecule has 3 N–H and O–H groups in total. The third kappa shape index (κ3) is 5.86. The van der Waals surface area contributed by atoms with E-state index in [0.717, 1.165) is 32.1 Å². The van der Waals surface area contributed by atoms with Gasteiger partial charge in [0.25, 0.3) is 0 Å². The van der Waals surface area contributed by atoms with Crippen molar-refractivity contribution < 1.29 is 22.7 Å². The molecule has 2 atom stereocenters. The number of hydrogen-bond donors (Lipinski definition) is 2. The van der Waals surface area contributed by atoms with Crippen LogP contribution in [-0.2, 0) is 4.79 Å². The topological polar surface area (TPSA) is 64.3 Å². The predicted molar refractivity (Wildman–Crippen MR) is 98.6 cm³/mol. The Morgan fingerprint density at radius 2 is 2.04 bits per heavy atom. The zero-order valence-corrected chi connectivity index (χ0v) is 15.9. The van der Waals surface area contributed by atoms with Crippen molar-refractivity contribution in [3.05, 3.63) is 29.8 Å². The third-order valence-electron chi connectivity index (χ3n) is 5.44. The quantitative estimate of drug-likeness (QED) is 0.635. The Hall–Kier alpha value is -1.76. The first-order valence-corrected chi connectivity index (χ1v) is 9.47. The highest BCUT2D eigenvalue weighted by Crippen LogP contribution is 2.43. The number of nitrogens with one attached hydrogen (secondary N) is 1. The van der Waals surface area contributed by atoms with Crippen LogP contribution in [0.4, 0.5) is 13.2 Å². The summed E-state index contributed by atoms with van der Waals surface area (Å²) in [5, 5.41) is 2.70. The number of rotatable bonds is 10. The molecule has 2 unspecified atom stereocenters. The summed E-state index contributed by atoms with van der Waals surface area (Å²) >= 11 is 0. The zero-order valence-electron chi connectivity index (χ0n) is 15.9. The average Bonchev–Trinajstić information content (AvgIpc) is 3.37. The number of ether oxygens (including phenoxy) is 1. The standard InChI is InChI=1S/C20H29F3N2O2/c1-3-14(8-12-24)7-9-19(10-11-19)25-18(26)17(20(21,22)23)15-5-4-6-16(13-15)27-2/h4-6,13-14,17H,3,7-12,24H2,1-2H3,(H,25,26). The molecule has 1 aliphatic carbocycles. The number of methoxy groups -OCH3 is 1. The molecule has 1 saturated carbocycles. The number of alkyl halides is 3. The van der Waals surface area contributed by atoms with Gasteiger partial charge in [-0.2, -0.15) is 13.2 Å². The van der Waals surface area contributed by atoms with Crippen LogP contribution in [-0.4, -0.2) is 31.3 Å². The van der Waals surface area contributed by atoms with E-state index in [0.29, 0.717) is 24.6 Å². The normalized spacial score (nSPS) is 17.9. The maximum Gasteiger partial charge on any atom is 0.404 e. The van der Waals surface area contributed by atoms with Crippen LogP contribution < -0.4 is 15.8 Å². The van der Waals surface area contributed by atoms with E-state index in [1.165, 1.54) is 25.3 Å². The lowest BCUT2D eigenvalue weighted by molar-refractivity contribution is -0.165. The molecule has 0 spiro atoms. The molecule has 7 heteroatoms. The smallest absolute Gasteiger partial charge is 0.404 e. The van der Waals surface area contributed by atoms with Crippen molar-refractivity contribution in [2.24, 2.45) is 11.7 Å². The number of benzene rings is 1. The maximum atomic E-state index is 13.6. The Kier molecular flexibility index (Phi) is 7.14. The molecule has 1 aliphatic rings. The molecule has 0 saturated heterocycles. The number of carbonyl (C=O) groups is 1. The molecule has 4 nitrogen and oxygen atoms in total. The second kappa shape index (κ2) is 8.95. The molecule has 1 aromatic rings. The fourth-order valence-electron chi connectivity index (χ4n) is 3.50. The molecule has 1 fully saturated rings. The lowest BCUT2D eigenvalue weighted by Crippen LogP contribution is -2.44. The number of amides is 1. The van der Waals surface area contributed by atoms with Crippen LogP contribution in [0.3, 0.4) is 0 Å². The van der Waals surface area contributed by atoms with Gasteiger partial charge in [-0.3, -0.25) is 4.79 Å². The molecule has 0 aromatic heterocycles. The number of halogens is 3. The molecule has 0 bridgehead atoms. The molecular formula is C20H29F3N2O2. The van der Waals surface area contributed by atoms with E-state index in [1.807, 2.05) is 0 Å². The lowest BCUT2D eigenvalue weighted by atomic mass is 9.92. The predicted octanol–water partition coefficient (Wildman–Crippen LogP) is 4.15. The third-order valence-corrected chi connectivity index (χ3v) is 5.44. The van der Waals surface area contributed by atoms with E-state index in [4.69, 9.17) is 10.5 Å². The average molecular weight is 386 g/mol. The monoisotopic (exact) mass is 386 g/mol. The second-order valence-corrected chi connectivity index (χ2v) is 7.41. The summed E-state index contributed by atoms with van der Waals surface area (Å²) in [5.74, 6) is -2.44. The first-order chi connectivity index (χ1) is 12.7. The summed E-state index contributed by atoms with van der Waals surface area (Å²) in [5.41, 5.74) is 5.01.